The van der Waals surface area contributed by atoms with E-state index >= 15 is 0 Å². The predicted molar refractivity (Wildman–Crippen MR) is 109 cm³/mol. The summed E-state index contributed by atoms with van der Waals surface area (Å²) in [6.07, 6.45) is 6.80. The molecule has 1 N–H and O–H groups in total. The van der Waals surface area contributed by atoms with Crippen LogP contribution < -0.4 is 5.56 Å². The van der Waals surface area contributed by atoms with Crippen molar-refractivity contribution < 1.29 is 0 Å². The van der Waals surface area contributed by atoms with E-state index in [9.17, 15) is 4.79 Å². The van der Waals surface area contributed by atoms with Crippen LogP contribution in [0.3, 0.4) is 0 Å². The third-order valence-corrected chi connectivity index (χ3v) is 6.39. The number of benzene rings is 2. The number of hydrogen-bond acceptors (Lipinski definition) is 2. The van der Waals surface area contributed by atoms with Crippen molar-refractivity contribution in [2.45, 2.75) is 50.9 Å². The Bertz CT molecular complexity index is 1060. The minimum Gasteiger partial charge on any atom is -0.306 e. The fraction of sp³-hybridized carbons (Fsp3) is 0.333. The molecule has 5 rings (SSSR count). The van der Waals surface area contributed by atoms with Crippen molar-refractivity contribution in [3.05, 3.63) is 75.6 Å². The molecule has 2 aliphatic carbocycles. The fourth-order valence-corrected chi connectivity index (χ4v) is 5.02. The molecule has 0 atom stereocenters. The first-order valence-corrected chi connectivity index (χ1v) is 9.96. The zero-order chi connectivity index (χ0) is 18.4. The zero-order valence-corrected chi connectivity index (χ0v) is 15.7. The Morgan fingerprint density at radius 1 is 0.963 bits per heavy atom. The standard InChI is InChI=1S/C24H24N2O/c1-16-9-11-17(12-10-16)22-25-21-19-8-4-3-7-18(19)15-24(13-5-2-6-14-24)20(21)23(27)26-22/h3-4,7-12H,2,5-6,13-15H2,1H3,(H,25,26,27). The van der Waals surface area contributed by atoms with Crippen molar-refractivity contribution in [2.75, 3.05) is 0 Å². The lowest BCUT2D eigenvalue weighted by atomic mass is 9.62. The number of aromatic nitrogens is 2. The minimum atomic E-state index is -0.0473. The van der Waals surface area contributed by atoms with Crippen LogP contribution in [0.15, 0.2) is 53.3 Å². The van der Waals surface area contributed by atoms with Gasteiger partial charge in [-0.2, -0.15) is 0 Å². The summed E-state index contributed by atoms with van der Waals surface area (Å²) in [7, 11) is 0. The second kappa shape index (κ2) is 6.19. The first-order valence-electron chi connectivity index (χ1n) is 9.96. The maximum absolute atomic E-state index is 13.3. The summed E-state index contributed by atoms with van der Waals surface area (Å²) in [5.41, 5.74) is 6.45. The average molecular weight is 356 g/mol. The van der Waals surface area contributed by atoms with Crippen molar-refractivity contribution >= 4 is 0 Å². The van der Waals surface area contributed by atoms with Gasteiger partial charge in [-0.3, -0.25) is 4.79 Å². The van der Waals surface area contributed by atoms with Gasteiger partial charge in [-0.1, -0.05) is 73.4 Å². The molecule has 3 aromatic rings. The summed E-state index contributed by atoms with van der Waals surface area (Å²) < 4.78 is 0. The number of nitrogens with one attached hydrogen (secondary N) is 1. The third kappa shape index (κ3) is 2.64. The monoisotopic (exact) mass is 356 g/mol. The second-order valence-electron chi connectivity index (χ2n) is 8.18. The first kappa shape index (κ1) is 16.5. The van der Waals surface area contributed by atoms with Crippen LogP contribution in [0.1, 0.15) is 48.8 Å². The molecule has 3 heteroatoms. The highest BCUT2D eigenvalue weighted by Gasteiger charge is 2.42. The van der Waals surface area contributed by atoms with Gasteiger partial charge in [0.2, 0.25) is 0 Å². The lowest BCUT2D eigenvalue weighted by Crippen LogP contribution is -2.40. The topological polar surface area (TPSA) is 45.8 Å². The van der Waals surface area contributed by atoms with Gasteiger partial charge in [0.05, 0.1) is 11.3 Å². The van der Waals surface area contributed by atoms with Gasteiger partial charge in [0, 0.05) is 16.5 Å². The van der Waals surface area contributed by atoms with Gasteiger partial charge in [-0.15, -0.1) is 0 Å². The molecule has 1 spiro atoms. The molecule has 0 bridgehead atoms. The Kier molecular flexibility index (Phi) is 3.78. The van der Waals surface area contributed by atoms with Crippen LogP contribution in [-0.2, 0) is 11.8 Å². The highest BCUT2D eigenvalue weighted by molar-refractivity contribution is 5.73. The largest absolute Gasteiger partial charge is 0.306 e. The van der Waals surface area contributed by atoms with Crippen LogP contribution in [0, 0.1) is 6.92 Å². The number of hydrogen-bond donors (Lipinski definition) is 1. The van der Waals surface area contributed by atoms with Crippen LogP contribution in [0.5, 0.6) is 0 Å². The average Bonchev–Trinajstić information content (AvgIpc) is 2.69. The van der Waals surface area contributed by atoms with Crippen LogP contribution >= 0.6 is 0 Å². The van der Waals surface area contributed by atoms with Gasteiger partial charge in [-0.05, 0) is 31.7 Å². The lowest BCUT2D eigenvalue weighted by molar-refractivity contribution is 0.285. The molecule has 1 fully saturated rings. The van der Waals surface area contributed by atoms with Gasteiger partial charge in [0.15, 0.2) is 0 Å². The van der Waals surface area contributed by atoms with E-state index in [0.29, 0.717) is 5.82 Å². The molecule has 0 aliphatic heterocycles. The molecule has 2 aromatic carbocycles. The van der Waals surface area contributed by atoms with E-state index in [4.69, 9.17) is 4.98 Å². The number of aryl methyl sites for hydroxylation is 1. The molecule has 0 saturated heterocycles. The molecule has 1 saturated carbocycles. The molecule has 1 heterocycles. The number of nitrogens with zero attached hydrogens (tertiary/aromatic N) is 1. The van der Waals surface area contributed by atoms with Gasteiger partial charge < -0.3 is 4.98 Å². The minimum absolute atomic E-state index is 0.0473. The fourth-order valence-electron chi connectivity index (χ4n) is 5.02. The van der Waals surface area contributed by atoms with E-state index in [0.717, 1.165) is 41.6 Å². The Labute approximate surface area is 159 Å². The second-order valence-corrected chi connectivity index (χ2v) is 8.18. The molecule has 27 heavy (non-hydrogen) atoms. The Morgan fingerprint density at radius 3 is 2.48 bits per heavy atom. The summed E-state index contributed by atoms with van der Waals surface area (Å²) in [5.74, 6) is 0.668. The Morgan fingerprint density at radius 2 is 1.70 bits per heavy atom. The third-order valence-electron chi connectivity index (χ3n) is 6.39. The van der Waals surface area contributed by atoms with E-state index < -0.39 is 0 Å². The summed E-state index contributed by atoms with van der Waals surface area (Å²) in [6.45, 7) is 2.07. The summed E-state index contributed by atoms with van der Waals surface area (Å²) in [5, 5.41) is 0. The van der Waals surface area contributed by atoms with E-state index in [-0.39, 0.29) is 11.0 Å². The molecule has 0 amide bonds. The molecule has 0 radical (unpaired) electrons. The van der Waals surface area contributed by atoms with Crippen molar-refractivity contribution in [1.29, 1.82) is 0 Å². The lowest BCUT2D eigenvalue weighted by Gasteiger charge is -2.41. The van der Waals surface area contributed by atoms with Crippen molar-refractivity contribution in [3.63, 3.8) is 0 Å². The van der Waals surface area contributed by atoms with Gasteiger partial charge in [0.25, 0.3) is 5.56 Å². The number of fused-ring (bicyclic) bond motifs is 4. The Hall–Kier alpha value is -2.68. The van der Waals surface area contributed by atoms with Crippen LogP contribution in [0.4, 0.5) is 0 Å². The molecule has 136 valence electrons. The number of rotatable bonds is 1. The number of aromatic amines is 1. The van der Waals surface area contributed by atoms with E-state index in [1.165, 1.54) is 30.4 Å². The van der Waals surface area contributed by atoms with Crippen molar-refractivity contribution in [3.8, 4) is 22.6 Å². The quantitative estimate of drug-likeness (QED) is 0.654. The highest BCUT2D eigenvalue weighted by atomic mass is 16.1. The molecular weight excluding hydrogens is 332 g/mol. The maximum Gasteiger partial charge on any atom is 0.255 e. The SMILES string of the molecule is Cc1ccc(-c2nc3c(c(=O)[nH]2)C2(CCCCC2)Cc2ccccc2-3)cc1. The van der Waals surface area contributed by atoms with E-state index in [2.05, 4.69) is 48.3 Å². The van der Waals surface area contributed by atoms with Crippen molar-refractivity contribution in [1.82, 2.24) is 9.97 Å². The molecular formula is C24H24N2O. The van der Waals surface area contributed by atoms with Gasteiger partial charge in [-0.25, -0.2) is 4.98 Å². The maximum atomic E-state index is 13.3. The molecule has 3 nitrogen and oxygen atoms in total. The first-order chi connectivity index (χ1) is 13.2. The predicted octanol–water partition coefficient (Wildman–Crippen LogP) is 5.17. The number of H-pyrrole nitrogens is 1. The smallest absolute Gasteiger partial charge is 0.255 e. The molecule has 0 unspecified atom stereocenters. The summed E-state index contributed by atoms with van der Waals surface area (Å²) >= 11 is 0. The summed E-state index contributed by atoms with van der Waals surface area (Å²) in [6, 6.07) is 16.7. The Balaban J connectivity index is 1.76. The summed E-state index contributed by atoms with van der Waals surface area (Å²) in [4.78, 5) is 21.4. The van der Waals surface area contributed by atoms with Crippen LogP contribution in [0.2, 0.25) is 0 Å². The van der Waals surface area contributed by atoms with Crippen LogP contribution in [-0.4, -0.2) is 9.97 Å². The van der Waals surface area contributed by atoms with Gasteiger partial charge in [0.1, 0.15) is 5.82 Å². The highest BCUT2D eigenvalue weighted by Crippen LogP contribution is 2.48. The normalized spacial score (nSPS) is 17.4. The van der Waals surface area contributed by atoms with Crippen molar-refractivity contribution in [2.24, 2.45) is 0 Å². The zero-order valence-electron chi connectivity index (χ0n) is 15.7. The molecule has 2 aliphatic rings. The van der Waals surface area contributed by atoms with Gasteiger partial charge >= 0.3 is 0 Å². The molecule has 1 aromatic heterocycles. The van der Waals surface area contributed by atoms with E-state index in [1.807, 2.05) is 12.1 Å². The van der Waals surface area contributed by atoms with Crippen LogP contribution in [0.25, 0.3) is 22.6 Å². The van der Waals surface area contributed by atoms with E-state index in [1.54, 1.807) is 0 Å².